The molecule has 1 unspecified atom stereocenters. The van der Waals surface area contributed by atoms with Crippen LogP contribution in [0.4, 0.5) is 5.95 Å². The lowest BCUT2D eigenvalue weighted by atomic mass is 9.95. The summed E-state index contributed by atoms with van der Waals surface area (Å²) < 4.78 is 2.21. The van der Waals surface area contributed by atoms with Crippen LogP contribution in [0, 0.1) is 12.8 Å². The van der Waals surface area contributed by atoms with Crippen molar-refractivity contribution in [3.63, 3.8) is 0 Å². The minimum absolute atomic E-state index is 0.395. The molecular formula is C15H23N3. The van der Waals surface area contributed by atoms with Crippen molar-refractivity contribution < 1.29 is 0 Å². The largest absolute Gasteiger partial charge is 0.369 e. The molecule has 1 aromatic heterocycles. The third-order valence-corrected chi connectivity index (χ3v) is 4.08. The molecule has 2 rings (SSSR count). The summed E-state index contributed by atoms with van der Waals surface area (Å²) in [6.07, 6.45) is 2.34. The summed E-state index contributed by atoms with van der Waals surface area (Å²) >= 11 is 0. The van der Waals surface area contributed by atoms with Crippen LogP contribution in [-0.4, -0.2) is 9.55 Å². The standard InChI is InChI=1S/C15H23N3/c1-5-12(6-2)11(4)18-14-10(3)8-7-9-13(14)17-15(18)16/h7-9,11-12H,5-6H2,1-4H3,(H2,16,17). The van der Waals surface area contributed by atoms with Crippen LogP contribution < -0.4 is 5.73 Å². The van der Waals surface area contributed by atoms with E-state index in [0.717, 1.165) is 5.52 Å². The summed E-state index contributed by atoms with van der Waals surface area (Å²) in [5.74, 6) is 1.28. The number of hydrogen-bond acceptors (Lipinski definition) is 2. The SMILES string of the molecule is CCC(CC)C(C)n1c(N)nc2cccc(C)c21. The molecule has 3 heteroatoms. The first-order valence-corrected chi connectivity index (χ1v) is 6.83. The minimum Gasteiger partial charge on any atom is -0.369 e. The predicted octanol–water partition coefficient (Wildman–Crippen LogP) is 3.92. The van der Waals surface area contributed by atoms with Crippen molar-refractivity contribution in [2.45, 2.75) is 46.6 Å². The Kier molecular flexibility index (Phi) is 3.60. The lowest BCUT2D eigenvalue weighted by molar-refractivity contribution is 0.342. The lowest BCUT2D eigenvalue weighted by Crippen LogP contribution is -2.17. The topological polar surface area (TPSA) is 43.8 Å². The van der Waals surface area contributed by atoms with E-state index in [0.29, 0.717) is 17.9 Å². The van der Waals surface area contributed by atoms with E-state index in [1.807, 2.05) is 12.1 Å². The number of anilines is 1. The molecule has 1 atom stereocenters. The van der Waals surface area contributed by atoms with Gasteiger partial charge in [0, 0.05) is 6.04 Å². The highest BCUT2D eigenvalue weighted by Crippen LogP contribution is 2.31. The molecule has 2 aromatic rings. The first-order chi connectivity index (χ1) is 8.60. The molecule has 1 heterocycles. The minimum atomic E-state index is 0.395. The number of aromatic nitrogens is 2. The van der Waals surface area contributed by atoms with Crippen molar-refractivity contribution in [3.05, 3.63) is 23.8 Å². The van der Waals surface area contributed by atoms with Gasteiger partial charge in [-0.3, -0.25) is 0 Å². The van der Waals surface area contributed by atoms with Crippen molar-refractivity contribution in [1.29, 1.82) is 0 Å². The van der Waals surface area contributed by atoms with E-state index in [-0.39, 0.29) is 0 Å². The Hall–Kier alpha value is -1.51. The van der Waals surface area contributed by atoms with E-state index in [4.69, 9.17) is 5.73 Å². The Morgan fingerprint density at radius 1 is 1.28 bits per heavy atom. The molecule has 0 saturated carbocycles. The van der Waals surface area contributed by atoms with Gasteiger partial charge in [-0.2, -0.15) is 0 Å². The maximum atomic E-state index is 6.12. The quantitative estimate of drug-likeness (QED) is 0.887. The van der Waals surface area contributed by atoms with E-state index in [2.05, 4.69) is 43.3 Å². The molecule has 2 N–H and O–H groups in total. The fourth-order valence-corrected chi connectivity index (χ4v) is 2.93. The second kappa shape index (κ2) is 5.01. The van der Waals surface area contributed by atoms with Crippen molar-refractivity contribution >= 4 is 17.0 Å². The van der Waals surface area contributed by atoms with Crippen LogP contribution in [0.5, 0.6) is 0 Å². The third-order valence-electron chi connectivity index (χ3n) is 4.08. The van der Waals surface area contributed by atoms with Gasteiger partial charge in [-0.25, -0.2) is 4.98 Å². The molecule has 3 nitrogen and oxygen atoms in total. The summed E-state index contributed by atoms with van der Waals surface area (Å²) in [6, 6.07) is 6.59. The number of imidazole rings is 1. The third kappa shape index (κ3) is 1.98. The lowest BCUT2D eigenvalue weighted by Gasteiger charge is -2.24. The molecule has 98 valence electrons. The van der Waals surface area contributed by atoms with Gasteiger partial charge in [0.05, 0.1) is 11.0 Å². The fraction of sp³-hybridized carbons (Fsp3) is 0.533. The number of hydrogen-bond donors (Lipinski definition) is 1. The van der Waals surface area contributed by atoms with Crippen LogP contribution >= 0.6 is 0 Å². The highest BCUT2D eigenvalue weighted by atomic mass is 15.2. The van der Waals surface area contributed by atoms with Gasteiger partial charge in [-0.05, 0) is 31.4 Å². The van der Waals surface area contributed by atoms with E-state index in [1.165, 1.54) is 23.9 Å². The Morgan fingerprint density at radius 2 is 1.94 bits per heavy atom. The molecule has 18 heavy (non-hydrogen) atoms. The van der Waals surface area contributed by atoms with Crippen LogP contribution in [0.2, 0.25) is 0 Å². The van der Waals surface area contributed by atoms with Crippen molar-refractivity contribution in [3.8, 4) is 0 Å². The van der Waals surface area contributed by atoms with Gasteiger partial charge in [-0.1, -0.05) is 38.8 Å². The number of nitrogens with zero attached hydrogens (tertiary/aromatic N) is 2. The summed E-state index contributed by atoms with van der Waals surface area (Å²) in [5.41, 5.74) is 9.56. The molecule has 0 amide bonds. The Balaban J connectivity index is 2.59. The van der Waals surface area contributed by atoms with E-state index in [9.17, 15) is 0 Å². The van der Waals surface area contributed by atoms with Crippen molar-refractivity contribution in [2.24, 2.45) is 5.92 Å². The zero-order chi connectivity index (χ0) is 13.3. The van der Waals surface area contributed by atoms with Crippen molar-refractivity contribution in [1.82, 2.24) is 9.55 Å². The number of fused-ring (bicyclic) bond motifs is 1. The van der Waals surface area contributed by atoms with Crippen LogP contribution in [0.25, 0.3) is 11.0 Å². The number of aryl methyl sites for hydroxylation is 1. The number of rotatable bonds is 4. The summed E-state index contributed by atoms with van der Waals surface area (Å²) in [6.45, 7) is 8.86. The maximum Gasteiger partial charge on any atom is 0.201 e. The molecular weight excluding hydrogens is 222 g/mol. The average Bonchev–Trinajstić information content (AvgIpc) is 2.68. The second-order valence-corrected chi connectivity index (χ2v) is 5.10. The number of nitrogens with two attached hydrogens (primary N) is 1. The molecule has 0 saturated heterocycles. The van der Waals surface area contributed by atoms with Gasteiger partial charge in [0.1, 0.15) is 0 Å². The Labute approximate surface area is 109 Å². The monoisotopic (exact) mass is 245 g/mol. The Morgan fingerprint density at radius 3 is 2.56 bits per heavy atom. The average molecular weight is 245 g/mol. The molecule has 1 aromatic carbocycles. The number of benzene rings is 1. The molecule has 0 spiro atoms. The second-order valence-electron chi connectivity index (χ2n) is 5.10. The normalized spacial score (nSPS) is 13.4. The molecule has 0 bridgehead atoms. The van der Waals surface area contributed by atoms with Gasteiger partial charge in [0.2, 0.25) is 5.95 Å². The van der Waals surface area contributed by atoms with Gasteiger partial charge in [0.25, 0.3) is 0 Å². The van der Waals surface area contributed by atoms with Crippen LogP contribution in [0.3, 0.4) is 0 Å². The first kappa shape index (κ1) is 12.9. The first-order valence-electron chi connectivity index (χ1n) is 6.83. The van der Waals surface area contributed by atoms with Gasteiger partial charge in [0.15, 0.2) is 0 Å². The molecule has 0 aliphatic carbocycles. The Bertz CT molecular complexity index is 538. The van der Waals surface area contributed by atoms with Gasteiger partial charge < -0.3 is 10.3 Å². The molecule has 0 aliphatic rings. The molecule has 0 fully saturated rings. The fourth-order valence-electron chi connectivity index (χ4n) is 2.93. The summed E-state index contributed by atoms with van der Waals surface area (Å²) in [5, 5.41) is 0. The molecule has 0 radical (unpaired) electrons. The van der Waals surface area contributed by atoms with Crippen LogP contribution in [-0.2, 0) is 0 Å². The van der Waals surface area contributed by atoms with E-state index in [1.54, 1.807) is 0 Å². The van der Waals surface area contributed by atoms with Crippen LogP contribution in [0.15, 0.2) is 18.2 Å². The zero-order valence-corrected chi connectivity index (χ0v) is 11.8. The predicted molar refractivity (Wildman–Crippen MR) is 77.7 cm³/mol. The highest BCUT2D eigenvalue weighted by Gasteiger charge is 2.20. The van der Waals surface area contributed by atoms with Crippen LogP contribution in [0.1, 0.15) is 45.2 Å². The zero-order valence-electron chi connectivity index (χ0n) is 11.8. The summed E-state index contributed by atoms with van der Waals surface area (Å²) in [4.78, 5) is 4.49. The maximum absolute atomic E-state index is 6.12. The summed E-state index contributed by atoms with van der Waals surface area (Å²) in [7, 11) is 0. The smallest absolute Gasteiger partial charge is 0.201 e. The number of para-hydroxylation sites is 1. The van der Waals surface area contributed by atoms with Crippen molar-refractivity contribution in [2.75, 3.05) is 5.73 Å². The number of nitrogen functional groups attached to an aromatic ring is 1. The van der Waals surface area contributed by atoms with E-state index < -0.39 is 0 Å². The van der Waals surface area contributed by atoms with Gasteiger partial charge >= 0.3 is 0 Å². The van der Waals surface area contributed by atoms with Gasteiger partial charge in [-0.15, -0.1) is 0 Å². The molecule has 0 aliphatic heterocycles. The van der Waals surface area contributed by atoms with E-state index >= 15 is 0 Å². The highest BCUT2D eigenvalue weighted by molar-refractivity contribution is 5.81.